The van der Waals surface area contributed by atoms with Crippen LogP contribution in [0.1, 0.15) is 25.0 Å². The molecule has 0 heterocycles. The summed E-state index contributed by atoms with van der Waals surface area (Å²) >= 11 is 0. The van der Waals surface area contributed by atoms with Gasteiger partial charge in [0.2, 0.25) is 11.8 Å². The highest BCUT2D eigenvalue weighted by Gasteiger charge is 2.32. The molecule has 1 N–H and O–H groups in total. The van der Waals surface area contributed by atoms with E-state index in [0.717, 1.165) is 9.87 Å². The maximum atomic E-state index is 14.5. The molecular weight excluding hydrogens is 509 g/mol. The average Bonchev–Trinajstić information content (AvgIpc) is 2.91. The summed E-state index contributed by atoms with van der Waals surface area (Å²) in [5.41, 5.74) is 1.39. The first-order valence-corrected chi connectivity index (χ1v) is 13.6. The van der Waals surface area contributed by atoms with E-state index in [4.69, 9.17) is 4.74 Å². The van der Waals surface area contributed by atoms with Crippen LogP contribution in [0.4, 0.5) is 10.1 Å². The van der Waals surface area contributed by atoms with Crippen molar-refractivity contribution in [3.8, 4) is 5.75 Å². The Bertz CT molecular complexity index is 1360. The number of hydrogen-bond acceptors (Lipinski definition) is 5. The molecule has 0 bridgehead atoms. The van der Waals surface area contributed by atoms with Crippen LogP contribution in [-0.2, 0) is 26.2 Å². The minimum Gasteiger partial charge on any atom is -0.494 e. The third-order valence-corrected chi connectivity index (χ3v) is 7.82. The lowest BCUT2D eigenvalue weighted by Crippen LogP contribution is -2.50. The van der Waals surface area contributed by atoms with Gasteiger partial charge in [-0.2, -0.15) is 0 Å². The molecule has 0 aliphatic heterocycles. The van der Waals surface area contributed by atoms with E-state index in [1.54, 1.807) is 42.5 Å². The lowest BCUT2D eigenvalue weighted by Gasteiger charge is -2.32. The standard InChI is InChI=1S/C28H32FN3O5S/c1-5-37-24-14-16-25(17-15-24)38(35,36)32(23-12-10-20(2)11-13-23)19-27(33)31(21(3)28(34)30-4)18-22-8-6-7-9-26(22)29/h6-17,21H,5,18-19H2,1-4H3,(H,30,34)/t21-/m1/s1. The average molecular weight is 542 g/mol. The molecule has 8 nitrogen and oxygen atoms in total. The predicted octanol–water partition coefficient (Wildman–Crippen LogP) is 3.89. The van der Waals surface area contributed by atoms with Gasteiger partial charge in [0.15, 0.2) is 0 Å². The molecule has 0 spiro atoms. The maximum absolute atomic E-state index is 14.5. The smallest absolute Gasteiger partial charge is 0.264 e. The van der Waals surface area contributed by atoms with Gasteiger partial charge in [0.1, 0.15) is 24.2 Å². The monoisotopic (exact) mass is 541 g/mol. The van der Waals surface area contributed by atoms with Crippen molar-refractivity contribution in [3.05, 3.63) is 89.7 Å². The minimum absolute atomic E-state index is 0.0330. The first-order chi connectivity index (χ1) is 18.1. The third-order valence-electron chi connectivity index (χ3n) is 6.04. The van der Waals surface area contributed by atoms with Gasteiger partial charge in [-0.1, -0.05) is 35.9 Å². The Labute approximate surface area is 223 Å². The van der Waals surface area contributed by atoms with Crippen molar-refractivity contribution >= 4 is 27.5 Å². The van der Waals surface area contributed by atoms with Crippen LogP contribution in [0.5, 0.6) is 5.75 Å². The number of halogens is 1. The number of aryl methyl sites for hydroxylation is 1. The third kappa shape index (κ3) is 6.69. The summed E-state index contributed by atoms with van der Waals surface area (Å²) in [5.74, 6) is -1.16. The van der Waals surface area contributed by atoms with E-state index in [1.807, 2.05) is 13.8 Å². The van der Waals surface area contributed by atoms with E-state index in [-0.39, 0.29) is 22.7 Å². The van der Waals surface area contributed by atoms with Crippen molar-refractivity contribution in [2.75, 3.05) is 24.5 Å². The van der Waals surface area contributed by atoms with E-state index in [1.165, 1.54) is 49.2 Å². The number of amides is 2. The molecule has 10 heteroatoms. The number of carbonyl (C=O) groups excluding carboxylic acids is 2. The zero-order valence-electron chi connectivity index (χ0n) is 21.8. The number of benzene rings is 3. The van der Waals surface area contributed by atoms with Gasteiger partial charge in [0.05, 0.1) is 17.2 Å². The van der Waals surface area contributed by atoms with Crippen LogP contribution in [0.3, 0.4) is 0 Å². The fraction of sp³-hybridized carbons (Fsp3) is 0.286. The maximum Gasteiger partial charge on any atom is 0.264 e. The number of hydrogen-bond donors (Lipinski definition) is 1. The van der Waals surface area contributed by atoms with Crippen LogP contribution in [0, 0.1) is 12.7 Å². The number of likely N-dealkylation sites (N-methyl/N-ethyl adjacent to an activating group) is 1. The summed E-state index contributed by atoms with van der Waals surface area (Å²) in [5, 5.41) is 2.49. The Kier molecular flexibility index (Phi) is 9.46. The summed E-state index contributed by atoms with van der Waals surface area (Å²) in [7, 11) is -2.77. The Morgan fingerprint density at radius 1 is 1.00 bits per heavy atom. The zero-order chi connectivity index (χ0) is 27.9. The van der Waals surface area contributed by atoms with Crippen LogP contribution < -0.4 is 14.4 Å². The molecule has 0 saturated carbocycles. The van der Waals surface area contributed by atoms with Crippen LogP contribution in [0.2, 0.25) is 0 Å². The number of rotatable bonds is 11. The lowest BCUT2D eigenvalue weighted by atomic mass is 10.1. The molecule has 38 heavy (non-hydrogen) atoms. The summed E-state index contributed by atoms with van der Waals surface area (Å²) in [6, 6.07) is 17.6. The molecule has 2 amide bonds. The predicted molar refractivity (Wildman–Crippen MR) is 144 cm³/mol. The fourth-order valence-electron chi connectivity index (χ4n) is 3.84. The van der Waals surface area contributed by atoms with Gasteiger partial charge in [-0.05, 0) is 63.2 Å². The van der Waals surface area contributed by atoms with Crippen LogP contribution in [0.15, 0.2) is 77.7 Å². The van der Waals surface area contributed by atoms with Gasteiger partial charge in [0.25, 0.3) is 10.0 Å². The Morgan fingerprint density at radius 3 is 2.21 bits per heavy atom. The molecule has 0 radical (unpaired) electrons. The number of nitrogens with zero attached hydrogens (tertiary/aromatic N) is 2. The van der Waals surface area contributed by atoms with E-state index in [0.29, 0.717) is 12.4 Å². The summed E-state index contributed by atoms with van der Waals surface area (Å²) < 4.78 is 48.5. The highest BCUT2D eigenvalue weighted by Crippen LogP contribution is 2.26. The van der Waals surface area contributed by atoms with E-state index in [9.17, 15) is 22.4 Å². The quantitative estimate of drug-likeness (QED) is 0.397. The number of anilines is 1. The first-order valence-electron chi connectivity index (χ1n) is 12.1. The van der Waals surface area contributed by atoms with E-state index >= 15 is 0 Å². The molecule has 0 saturated heterocycles. The fourth-order valence-corrected chi connectivity index (χ4v) is 5.26. The van der Waals surface area contributed by atoms with E-state index < -0.39 is 40.2 Å². The lowest BCUT2D eigenvalue weighted by molar-refractivity contribution is -0.139. The molecule has 0 fully saturated rings. The molecule has 0 aromatic heterocycles. The van der Waals surface area contributed by atoms with Gasteiger partial charge in [-0.25, -0.2) is 12.8 Å². The second-order valence-corrected chi connectivity index (χ2v) is 10.5. The van der Waals surface area contributed by atoms with Crippen molar-refractivity contribution in [3.63, 3.8) is 0 Å². The molecule has 3 aromatic rings. The molecule has 3 rings (SSSR count). The SMILES string of the molecule is CCOc1ccc(S(=O)(=O)N(CC(=O)N(Cc2ccccc2F)[C@H](C)C(=O)NC)c2ccc(C)cc2)cc1. The van der Waals surface area contributed by atoms with E-state index in [2.05, 4.69) is 5.32 Å². The Balaban J connectivity index is 2.02. The number of sulfonamides is 1. The number of nitrogens with one attached hydrogen (secondary N) is 1. The van der Waals surface area contributed by atoms with Crippen molar-refractivity contribution in [2.45, 2.75) is 38.3 Å². The topological polar surface area (TPSA) is 96.0 Å². The number of ether oxygens (including phenoxy) is 1. The van der Waals surface area contributed by atoms with Crippen LogP contribution in [-0.4, -0.2) is 51.4 Å². The van der Waals surface area contributed by atoms with Crippen molar-refractivity contribution in [1.82, 2.24) is 10.2 Å². The van der Waals surface area contributed by atoms with Crippen molar-refractivity contribution < 1.29 is 27.1 Å². The molecule has 0 aliphatic rings. The van der Waals surface area contributed by atoms with Crippen LogP contribution >= 0.6 is 0 Å². The molecule has 202 valence electrons. The highest BCUT2D eigenvalue weighted by molar-refractivity contribution is 7.92. The van der Waals surface area contributed by atoms with Gasteiger partial charge >= 0.3 is 0 Å². The summed E-state index contributed by atoms with van der Waals surface area (Å²) in [6.45, 7) is 4.80. The normalized spacial score (nSPS) is 11.9. The zero-order valence-corrected chi connectivity index (χ0v) is 22.7. The van der Waals surface area contributed by atoms with Gasteiger partial charge in [-0.15, -0.1) is 0 Å². The molecule has 0 unspecified atom stereocenters. The second-order valence-electron chi connectivity index (χ2n) is 8.65. The van der Waals surface area contributed by atoms with Crippen LogP contribution in [0.25, 0.3) is 0 Å². The van der Waals surface area contributed by atoms with Gasteiger partial charge < -0.3 is 15.0 Å². The summed E-state index contributed by atoms with van der Waals surface area (Å²) in [4.78, 5) is 27.3. The molecule has 3 aromatic carbocycles. The summed E-state index contributed by atoms with van der Waals surface area (Å²) in [6.07, 6.45) is 0. The first kappa shape index (κ1) is 28.6. The van der Waals surface area contributed by atoms with Crippen molar-refractivity contribution in [2.24, 2.45) is 0 Å². The number of carbonyl (C=O) groups is 2. The molecular formula is C28H32FN3O5S. The molecule has 1 atom stereocenters. The largest absolute Gasteiger partial charge is 0.494 e. The van der Waals surface area contributed by atoms with Crippen molar-refractivity contribution in [1.29, 1.82) is 0 Å². The minimum atomic E-state index is -4.20. The Morgan fingerprint density at radius 2 is 1.63 bits per heavy atom. The van der Waals surface area contributed by atoms with Gasteiger partial charge in [0, 0.05) is 19.2 Å². The highest BCUT2D eigenvalue weighted by atomic mass is 32.2. The Hall–Kier alpha value is -3.92. The molecule has 0 aliphatic carbocycles. The van der Waals surface area contributed by atoms with Gasteiger partial charge in [-0.3, -0.25) is 13.9 Å². The second kappa shape index (κ2) is 12.6.